The molecule has 0 atom stereocenters. The molecular weight excluding hydrogens is 298 g/mol. The number of pyridine rings is 1. The molecule has 0 aromatic carbocycles. The highest BCUT2D eigenvalue weighted by Gasteiger charge is 2.30. The molecule has 1 aliphatic carbocycles. The third-order valence-electron chi connectivity index (χ3n) is 4.05. The molecule has 7 heteroatoms. The van der Waals surface area contributed by atoms with Crippen molar-refractivity contribution in [3.63, 3.8) is 0 Å². The Morgan fingerprint density at radius 3 is 2.70 bits per heavy atom. The molecule has 0 saturated heterocycles. The fourth-order valence-electron chi connectivity index (χ4n) is 2.66. The van der Waals surface area contributed by atoms with Gasteiger partial charge in [-0.15, -0.1) is 0 Å². The molecule has 3 rings (SSSR count). The number of aliphatic carboxylic acids is 1. The summed E-state index contributed by atoms with van der Waals surface area (Å²) in [5, 5.41) is 13.5. The van der Waals surface area contributed by atoms with Crippen LogP contribution in [0.25, 0.3) is 11.1 Å². The van der Waals surface area contributed by atoms with Crippen molar-refractivity contribution >= 4 is 23.0 Å². The lowest BCUT2D eigenvalue weighted by atomic mass is 10.1. The highest BCUT2D eigenvalue weighted by atomic mass is 16.5. The number of carbonyl (C=O) groups is 2. The minimum Gasteiger partial charge on any atom is -0.480 e. The van der Waals surface area contributed by atoms with Crippen molar-refractivity contribution in [1.29, 1.82) is 0 Å². The number of aryl methyl sites for hydroxylation is 1. The molecule has 122 valence electrons. The molecule has 1 amide bonds. The van der Waals surface area contributed by atoms with E-state index in [4.69, 9.17) is 9.63 Å². The summed E-state index contributed by atoms with van der Waals surface area (Å²) in [6.07, 6.45) is 2.09. The monoisotopic (exact) mass is 317 g/mol. The maximum atomic E-state index is 12.9. The van der Waals surface area contributed by atoms with Gasteiger partial charge in [-0.25, -0.2) is 4.98 Å². The van der Waals surface area contributed by atoms with Gasteiger partial charge in [0, 0.05) is 17.7 Å². The van der Waals surface area contributed by atoms with Gasteiger partial charge >= 0.3 is 5.97 Å². The van der Waals surface area contributed by atoms with Crippen LogP contribution in [0.1, 0.15) is 54.4 Å². The van der Waals surface area contributed by atoms with Gasteiger partial charge < -0.3 is 14.5 Å². The van der Waals surface area contributed by atoms with Gasteiger partial charge in [-0.3, -0.25) is 9.59 Å². The van der Waals surface area contributed by atoms with Crippen LogP contribution < -0.4 is 0 Å². The number of aromatic nitrogens is 2. The second-order valence-electron chi connectivity index (χ2n) is 6.24. The Kier molecular flexibility index (Phi) is 3.79. The molecule has 23 heavy (non-hydrogen) atoms. The van der Waals surface area contributed by atoms with Gasteiger partial charge in [0.2, 0.25) is 0 Å². The van der Waals surface area contributed by atoms with E-state index in [0.29, 0.717) is 28.3 Å². The first-order valence-electron chi connectivity index (χ1n) is 7.68. The maximum Gasteiger partial charge on any atom is 0.323 e. The number of hydrogen-bond donors (Lipinski definition) is 1. The zero-order valence-corrected chi connectivity index (χ0v) is 13.4. The van der Waals surface area contributed by atoms with E-state index >= 15 is 0 Å². The van der Waals surface area contributed by atoms with Crippen molar-refractivity contribution in [2.45, 2.75) is 45.6 Å². The predicted molar refractivity (Wildman–Crippen MR) is 82.3 cm³/mol. The standard InChI is InChI=1S/C16H19N3O4/c1-8(2)19(7-13(20)21)16(22)11-6-12(10-4-5-10)17-15-14(11)9(3)18-23-15/h6,8,10H,4-5,7H2,1-3H3,(H,20,21). The van der Waals surface area contributed by atoms with Gasteiger partial charge in [0.1, 0.15) is 6.54 Å². The van der Waals surface area contributed by atoms with Crippen LogP contribution in [0.3, 0.4) is 0 Å². The lowest BCUT2D eigenvalue weighted by Gasteiger charge is -2.25. The summed E-state index contributed by atoms with van der Waals surface area (Å²) >= 11 is 0. The number of hydrogen-bond acceptors (Lipinski definition) is 5. The quantitative estimate of drug-likeness (QED) is 0.909. The van der Waals surface area contributed by atoms with Crippen LogP contribution in [-0.4, -0.2) is 44.6 Å². The van der Waals surface area contributed by atoms with Crippen LogP contribution >= 0.6 is 0 Å². The Balaban J connectivity index is 2.10. The van der Waals surface area contributed by atoms with Crippen LogP contribution in [-0.2, 0) is 4.79 Å². The summed E-state index contributed by atoms with van der Waals surface area (Å²) in [5.74, 6) is -1.02. The van der Waals surface area contributed by atoms with Crippen LogP contribution in [0.4, 0.5) is 0 Å². The Morgan fingerprint density at radius 1 is 1.43 bits per heavy atom. The van der Waals surface area contributed by atoms with Crippen molar-refractivity contribution in [3.8, 4) is 0 Å². The number of fused-ring (bicyclic) bond motifs is 1. The van der Waals surface area contributed by atoms with E-state index < -0.39 is 5.97 Å². The minimum atomic E-state index is -1.04. The fraction of sp³-hybridized carbons (Fsp3) is 0.500. The first-order chi connectivity index (χ1) is 10.9. The van der Waals surface area contributed by atoms with Gasteiger partial charge in [0.15, 0.2) is 0 Å². The van der Waals surface area contributed by atoms with Crippen LogP contribution in [0.2, 0.25) is 0 Å². The zero-order chi connectivity index (χ0) is 16.7. The largest absolute Gasteiger partial charge is 0.480 e. The lowest BCUT2D eigenvalue weighted by Crippen LogP contribution is -2.40. The molecule has 0 radical (unpaired) electrons. The third-order valence-corrected chi connectivity index (χ3v) is 4.05. The molecule has 0 unspecified atom stereocenters. The number of nitrogens with zero attached hydrogens (tertiary/aromatic N) is 3. The normalized spacial score (nSPS) is 14.4. The van der Waals surface area contributed by atoms with E-state index in [1.54, 1.807) is 26.8 Å². The number of carboxylic acid groups (broad SMARTS) is 1. The summed E-state index contributed by atoms with van der Waals surface area (Å²) in [6.45, 7) is 4.99. The second kappa shape index (κ2) is 5.64. The number of amides is 1. The minimum absolute atomic E-state index is 0.230. The molecule has 1 saturated carbocycles. The summed E-state index contributed by atoms with van der Waals surface area (Å²) in [6, 6.07) is 1.54. The fourth-order valence-corrected chi connectivity index (χ4v) is 2.66. The van der Waals surface area contributed by atoms with Crippen LogP contribution in [0.15, 0.2) is 10.6 Å². The Bertz CT molecular complexity index is 777. The topological polar surface area (TPSA) is 96.5 Å². The summed E-state index contributed by atoms with van der Waals surface area (Å²) in [4.78, 5) is 29.8. The lowest BCUT2D eigenvalue weighted by molar-refractivity contribution is -0.138. The van der Waals surface area contributed by atoms with Gasteiger partial charge in [-0.05, 0) is 39.7 Å². The molecule has 2 heterocycles. The molecule has 0 spiro atoms. The Labute approximate surface area is 133 Å². The molecule has 2 aromatic heterocycles. The van der Waals surface area contributed by atoms with E-state index in [2.05, 4.69) is 10.1 Å². The van der Waals surface area contributed by atoms with E-state index in [0.717, 1.165) is 18.5 Å². The summed E-state index contributed by atoms with van der Waals surface area (Å²) in [5.41, 5.74) is 2.16. The van der Waals surface area contributed by atoms with E-state index in [1.165, 1.54) is 4.90 Å². The van der Waals surface area contributed by atoms with E-state index in [-0.39, 0.29) is 18.5 Å². The predicted octanol–water partition coefficient (Wildman–Crippen LogP) is 2.34. The molecule has 1 aliphatic rings. The van der Waals surface area contributed by atoms with Crippen molar-refractivity contribution < 1.29 is 19.2 Å². The number of carboxylic acids is 1. The highest BCUT2D eigenvalue weighted by molar-refractivity contribution is 6.06. The molecule has 0 aliphatic heterocycles. The van der Waals surface area contributed by atoms with E-state index in [1.807, 2.05) is 0 Å². The smallest absolute Gasteiger partial charge is 0.323 e. The third kappa shape index (κ3) is 2.91. The van der Waals surface area contributed by atoms with Crippen molar-refractivity contribution in [3.05, 3.63) is 23.0 Å². The molecule has 7 nitrogen and oxygen atoms in total. The van der Waals surface area contributed by atoms with Gasteiger partial charge in [0.05, 0.1) is 16.6 Å². The zero-order valence-electron chi connectivity index (χ0n) is 13.4. The Hall–Kier alpha value is -2.44. The molecule has 2 aromatic rings. The molecular formula is C16H19N3O4. The number of rotatable bonds is 5. The van der Waals surface area contributed by atoms with Crippen LogP contribution in [0, 0.1) is 6.92 Å². The van der Waals surface area contributed by atoms with Crippen LogP contribution in [0.5, 0.6) is 0 Å². The van der Waals surface area contributed by atoms with E-state index in [9.17, 15) is 9.59 Å². The molecule has 1 fully saturated rings. The SMILES string of the molecule is Cc1noc2nc(C3CC3)cc(C(=O)N(CC(=O)O)C(C)C)c12. The summed E-state index contributed by atoms with van der Waals surface area (Å²) < 4.78 is 5.23. The molecule has 1 N–H and O–H groups in total. The maximum absolute atomic E-state index is 12.9. The number of carbonyl (C=O) groups excluding carboxylic acids is 1. The van der Waals surface area contributed by atoms with Gasteiger partial charge in [-0.1, -0.05) is 5.16 Å². The van der Waals surface area contributed by atoms with Crippen molar-refractivity contribution in [2.75, 3.05) is 6.54 Å². The van der Waals surface area contributed by atoms with Crippen molar-refractivity contribution in [2.24, 2.45) is 0 Å². The highest BCUT2D eigenvalue weighted by Crippen LogP contribution is 2.40. The second-order valence-corrected chi connectivity index (χ2v) is 6.24. The average molecular weight is 317 g/mol. The van der Waals surface area contributed by atoms with Gasteiger partial charge in [0.25, 0.3) is 11.6 Å². The first-order valence-corrected chi connectivity index (χ1v) is 7.68. The van der Waals surface area contributed by atoms with Crippen molar-refractivity contribution in [1.82, 2.24) is 15.0 Å². The van der Waals surface area contributed by atoms with Gasteiger partial charge in [-0.2, -0.15) is 0 Å². The Morgan fingerprint density at radius 2 is 2.13 bits per heavy atom. The first kappa shape index (κ1) is 15.5. The average Bonchev–Trinajstić information content (AvgIpc) is 3.27. The summed E-state index contributed by atoms with van der Waals surface area (Å²) in [7, 11) is 0. The molecule has 0 bridgehead atoms.